The first-order valence-corrected chi connectivity index (χ1v) is 5.64. The molecule has 0 aliphatic heterocycles. The normalized spacial score (nSPS) is 11.4. The van der Waals surface area contributed by atoms with Gasteiger partial charge in [0.1, 0.15) is 5.60 Å². The van der Waals surface area contributed by atoms with Crippen molar-refractivity contribution in [3.05, 3.63) is 31.5 Å². The van der Waals surface area contributed by atoms with E-state index in [1.807, 2.05) is 0 Å². The van der Waals surface area contributed by atoms with Crippen molar-refractivity contribution in [2.24, 2.45) is 7.05 Å². The van der Waals surface area contributed by atoms with Crippen molar-refractivity contribution in [1.29, 1.82) is 0 Å². The van der Waals surface area contributed by atoms with Gasteiger partial charge in [0.15, 0.2) is 0 Å². The molecule has 0 aliphatic carbocycles. The highest BCUT2D eigenvalue weighted by Gasteiger charge is 2.20. The average Bonchev–Trinajstić information content (AvgIpc) is 2.17. The van der Waals surface area contributed by atoms with E-state index in [9.17, 15) is 14.4 Å². The second-order valence-electron chi connectivity index (χ2n) is 4.47. The van der Waals surface area contributed by atoms with Gasteiger partial charge >= 0.3 is 11.8 Å². The zero-order valence-electron chi connectivity index (χ0n) is 9.98. The van der Waals surface area contributed by atoms with Crippen molar-refractivity contribution in [2.45, 2.75) is 26.4 Å². The zero-order valence-corrected chi connectivity index (χ0v) is 11.6. The molecule has 1 aromatic rings. The van der Waals surface area contributed by atoms with Crippen molar-refractivity contribution in [1.82, 2.24) is 9.13 Å². The van der Waals surface area contributed by atoms with Gasteiger partial charge in [0.05, 0.1) is 4.47 Å². The molecule has 0 saturated carbocycles. The minimum atomic E-state index is -0.821. The highest BCUT2D eigenvalue weighted by atomic mass is 79.9. The predicted molar refractivity (Wildman–Crippen MR) is 65.3 cm³/mol. The Kier molecular flexibility index (Phi) is 3.61. The summed E-state index contributed by atoms with van der Waals surface area (Å²) in [5, 5.41) is 0. The summed E-state index contributed by atoms with van der Waals surface area (Å²) in [5.74, 6) is 0. The molecule has 1 rings (SSSR count). The quantitative estimate of drug-likeness (QED) is 0.719. The first-order valence-electron chi connectivity index (χ1n) is 4.85. The first-order chi connectivity index (χ1) is 7.63. The lowest BCUT2D eigenvalue weighted by atomic mass is 10.2. The molecule has 0 saturated heterocycles. The van der Waals surface area contributed by atoms with Crippen LogP contribution in [0.5, 0.6) is 0 Å². The van der Waals surface area contributed by atoms with Crippen molar-refractivity contribution < 1.29 is 9.53 Å². The topological polar surface area (TPSA) is 70.3 Å². The summed E-state index contributed by atoms with van der Waals surface area (Å²) in [4.78, 5) is 34.8. The highest BCUT2D eigenvalue weighted by Crippen LogP contribution is 2.08. The van der Waals surface area contributed by atoms with Crippen LogP contribution in [0.2, 0.25) is 0 Å². The molecule has 0 radical (unpaired) electrons. The van der Waals surface area contributed by atoms with E-state index in [-0.39, 0.29) is 4.47 Å². The number of aromatic nitrogens is 2. The summed E-state index contributed by atoms with van der Waals surface area (Å²) in [6.07, 6.45) is 0.289. The molecule has 0 atom stereocenters. The molecule has 0 aliphatic rings. The largest absolute Gasteiger partial charge is 0.443 e. The van der Waals surface area contributed by atoms with Gasteiger partial charge in [-0.1, -0.05) is 0 Å². The Bertz CT molecular complexity index is 565. The lowest BCUT2D eigenvalue weighted by Crippen LogP contribution is -2.42. The molecule has 0 aromatic carbocycles. The van der Waals surface area contributed by atoms with E-state index in [2.05, 4.69) is 15.9 Å². The Morgan fingerprint density at radius 3 is 2.35 bits per heavy atom. The van der Waals surface area contributed by atoms with Crippen LogP contribution in [0.3, 0.4) is 0 Å². The van der Waals surface area contributed by atoms with Gasteiger partial charge in [0, 0.05) is 13.2 Å². The second kappa shape index (κ2) is 4.48. The number of hydrogen-bond acceptors (Lipinski definition) is 4. The van der Waals surface area contributed by atoms with Gasteiger partial charge in [0.2, 0.25) is 0 Å². The maximum absolute atomic E-state index is 11.7. The highest BCUT2D eigenvalue weighted by molar-refractivity contribution is 9.10. The third-order valence-corrected chi connectivity index (χ3v) is 2.38. The number of carbonyl (C=O) groups is 1. The van der Waals surface area contributed by atoms with Crippen LogP contribution in [0.25, 0.3) is 0 Å². The standard InChI is InChI=1S/C10H13BrN2O4/c1-10(2,3)17-9(16)13-5-6(11)7(14)12(4)8(13)15/h5H,1-4H3. The number of ether oxygens (including phenoxy) is 1. The van der Waals surface area contributed by atoms with Gasteiger partial charge in [-0.3, -0.25) is 9.36 Å². The van der Waals surface area contributed by atoms with Crippen LogP contribution in [0, 0.1) is 0 Å². The van der Waals surface area contributed by atoms with Crippen LogP contribution in [-0.4, -0.2) is 20.8 Å². The fraction of sp³-hybridized carbons (Fsp3) is 0.500. The van der Waals surface area contributed by atoms with E-state index >= 15 is 0 Å². The molecule has 1 heterocycles. The van der Waals surface area contributed by atoms with E-state index in [0.717, 1.165) is 15.3 Å². The summed E-state index contributed by atoms with van der Waals surface area (Å²) in [7, 11) is 1.29. The van der Waals surface area contributed by atoms with Crippen LogP contribution in [0.4, 0.5) is 4.79 Å². The molecule has 0 fully saturated rings. The SMILES string of the molecule is Cn1c(=O)c(Br)cn(C(=O)OC(C)(C)C)c1=O. The lowest BCUT2D eigenvalue weighted by molar-refractivity contribution is 0.0525. The molecule has 0 amide bonds. The van der Waals surface area contributed by atoms with E-state index in [1.165, 1.54) is 7.05 Å². The summed E-state index contributed by atoms with van der Waals surface area (Å²) < 4.78 is 6.73. The van der Waals surface area contributed by atoms with Crippen LogP contribution < -0.4 is 11.2 Å². The Balaban J connectivity index is 3.30. The number of halogens is 1. The Hall–Kier alpha value is -1.37. The molecule has 0 N–H and O–H groups in total. The first kappa shape index (κ1) is 13.7. The summed E-state index contributed by atoms with van der Waals surface area (Å²) >= 11 is 2.98. The Morgan fingerprint density at radius 2 is 1.88 bits per heavy atom. The zero-order chi connectivity index (χ0) is 13.4. The van der Waals surface area contributed by atoms with Crippen molar-refractivity contribution in [3.8, 4) is 0 Å². The summed E-state index contributed by atoms with van der Waals surface area (Å²) in [6, 6.07) is 0. The summed E-state index contributed by atoms with van der Waals surface area (Å²) in [6.45, 7) is 5.06. The molecule has 94 valence electrons. The van der Waals surface area contributed by atoms with E-state index < -0.39 is 22.9 Å². The molecule has 7 heteroatoms. The smallest absolute Gasteiger partial charge is 0.422 e. The average molecular weight is 305 g/mol. The molecule has 0 spiro atoms. The Morgan fingerprint density at radius 1 is 1.35 bits per heavy atom. The third-order valence-electron chi connectivity index (χ3n) is 1.83. The van der Waals surface area contributed by atoms with Crippen molar-refractivity contribution >= 4 is 22.0 Å². The molecule has 17 heavy (non-hydrogen) atoms. The monoisotopic (exact) mass is 304 g/mol. The Labute approximate surface area is 106 Å². The summed E-state index contributed by atoms with van der Waals surface area (Å²) in [5.41, 5.74) is -1.96. The minimum absolute atomic E-state index is 0.116. The van der Waals surface area contributed by atoms with Gasteiger partial charge in [-0.15, -0.1) is 0 Å². The molecule has 0 unspecified atom stereocenters. The van der Waals surface area contributed by atoms with E-state index in [4.69, 9.17) is 4.74 Å². The number of rotatable bonds is 0. The molecular formula is C10H13BrN2O4. The van der Waals surface area contributed by atoms with Crippen molar-refractivity contribution in [3.63, 3.8) is 0 Å². The van der Waals surface area contributed by atoms with Crippen LogP contribution in [0.1, 0.15) is 20.8 Å². The third kappa shape index (κ3) is 3.06. The van der Waals surface area contributed by atoms with Gasteiger partial charge in [-0.2, -0.15) is 0 Å². The van der Waals surface area contributed by atoms with Crippen LogP contribution >= 0.6 is 15.9 Å². The lowest BCUT2D eigenvalue weighted by Gasteiger charge is -2.19. The molecule has 6 nitrogen and oxygen atoms in total. The predicted octanol–water partition coefficient (Wildman–Crippen LogP) is 1.09. The molecular weight excluding hydrogens is 292 g/mol. The maximum atomic E-state index is 11.7. The fourth-order valence-electron chi connectivity index (χ4n) is 1.07. The van der Waals surface area contributed by atoms with Crippen LogP contribution in [-0.2, 0) is 11.8 Å². The number of nitrogens with zero attached hydrogens (tertiary/aromatic N) is 2. The fourth-order valence-corrected chi connectivity index (χ4v) is 1.55. The van der Waals surface area contributed by atoms with Gasteiger partial charge in [0.25, 0.3) is 5.56 Å². The van der Waals surface area contributed by atoms with Gasteiger partial charge in [-0.05, 0) is 36.7 Å². The van der Waals surface area contributed by atoms with Gasteiger partial charge in [-0.25, -0.2) is 14.2 Å². The molecule has 0 bridgehead atoms. The van der Waals surface area contributed by atoms with E-state index in [0.29, 0.717) is 0 Å². The molecule has 1 aromatic heterocycles. The van der Waals surface area contributed by atoms with E-state index in [1.54, 1.807) is 20.8 Å². The van der Waals surface area contributed by atoms with Crippen LogP contribution in [0.15, 0.2) is 20.3 Å². The maximum Gasteiger partial charge on any atom is 0.422 e. The number of carbonyl (C=O) groups excluding carboxylic acids is 1. The van der Waals surface area contributed by atoms with Crippen molar-refractivity contribution in [2.75, 3.05) is 0 Å². The number of hydrogen-bond donors (Lipinski definition) is 0. The second-order valence-corrected chi connectivity index (χ2v) is 5.33. The van der Waals surface area contributed by atoms with Gasteiger partial charge < -0.3 is 4.74 Å². The minimum Gasteiger partial charge on any atom is -0.443 e.